The van der Waals surface area contributed by atoms with Gasteiger partial charge in [0.15, 0.2) is 0 Å². The van der Waals surface area contributed by atoms with Crippen molar-refractivity contribution in [3.63, 3.8) is 0 Å². The van der Waals surface area contributed by atoms with E-state index >= 15 is 0 Å². The number of nitrogens with one attached hydrogen (secondary N) is 2. The Bertz CT molecular complexity index is 481. The van der Waals surface area contributed by atoms with E-state index in [1.807, 2.05) is 13.2 Å². The Hall–Kier alpha value is -1.80. The zero-order chi connectivity index (χ0) is 14.4. The number of nitrogens with zero attached hydrogens (tertiary/aromatic N) is 1. The summed E-state index contributed by atoms with van der Waals surface area (Å²) >= 11 is 1.61. The first-order valence-electron chi connectivity index (χ1n) is 5.54. The molecule has 0 aliphatic rings. The van der Waals surface area contributed by atoms with Crippen LogP contribution in [0.15, 0.2) is 18.2 Å². The van der Waals surface area contributed by atoms with Crippen LogP contribution in [0.1, 0.15) is 17.3 Å². The van der Waals surface area contributed by atoms with Crippen LogP contribution in [0.2, 0.25) is 0 Å². The van der Waals surface area contributed by atoms with Crippen LogP contribution in [0.5, 0.6) is 0 Å². The summed E-state index contributed by atoms with van der Waals surface area (Å²) in [6.07, 6.45) is 1.94. The van der Waals surface area contributed by atoms with Gasteiger partial charge in [-0.15, -0.1) is 0 Å². The van der Waals surface area contributed by atoms with E-state index < -0.39 is 4.92 Å². The number of nitrogens with two attached hydrogens (primary N) is 1. The summed E-state index contributed by atoms with van der Waals surface area (Å²) in [4.78, 5) is 22.2. The first-order valence-corrected chi connectivity index (χ1v) is 6.93. The van der Waals surface area contributed by atoms with Gasteiger partial charge in [0.2, 0.25) is 0 Å². The Kier molecular flexibility index (Phi) is 5.58. The molecule has 7 nitrogen and oxygen atoms in total. The highest BCUT2D eigenvalue weighted by Crippen LogP contribution is 2.24. The van der Waals surface area contributed by atoms with Crippen LogP contribution in [0, 0.1) is 10.1 Å². The molecule has 0 heterocycles. The van der Waals surface area contributed by atoms with Crippen LogP contribution in [-0.4, -0.2) is 28.9 Å². The Morgan fingerprint density at radius 3 is 2.79 bits per heavy atom. The molecule has 19 heavy (non-hydrogen) atoms. The van der Waals surface area contributed by atoms with Gasteiger partial charge in [0.1, 0.15) is 5.69 Å². The van der Waals surface area contributed by atoms with Crippen LogP contribution in [0.3, 0.4) is 0 Å². The standard InChI is InChI=1S/C11H16N4O3S/c1-7(6-19-2)13-11(16)8-3-4-9(14-12)10(5-8)15(17)18/h3-5,7,14H,6,12H2,1-2H3,(H,13,16). The van der Waals surface area contributed by atoms with E-state index in [0.29, 0.717) is 0 Å². The molecule has 0 aliphatic heterocycles. The molecule has 1 unspecified atom stereocenters. The minimum Gasteiger partial charge on any atom is -0.349 e. The van der Waals surface area contributed by atoms with Gasteiger partial charge < -0.3 is 10.7 Å². The Balaban J connectivity index is 2.92. The summed E-state index contributed by atoms with van der Waals surface area (Å²) in [7, 11) is 0. The molecule has 0 saturated heterocycles. The molecule has 1 atom stereocenters. The van der Waals surface area contributed by atoms with Gasteiger partial charge in [-0.3, -0.25) is 20.8 Å². The largest absolute Gasteiger partial charge is 0.349 e. The molecule has 1 amide bonds. The number of carbonyl (C=O) groups excluding carboxylic acids is 1. The van der Waals surface area contributed by atoms with E-state index in [2.05, 4.69) is 10.7 Å². The lowest BCUT2D eigenvalue weighted by atomic mass is 10.1. The summed E-state index contributed by atoms with van der Waals surface area (Å²) in [5, 5.41) is 13.6. The Morgan fingerprint density at radius 1 is 1.58 bits per heavy atom. The number of thioether (sulfide) groups is 1. The van der Waals surface area contributed by atoms with Crippen molar-refractivity contribution in [2.24, 2.45) is 5.84 Å². The highest BCUT2D eigenvalue weighted by atomic mass is 32.2. The lowest BCUT2D eigenvalue weighted by Crippen LogP contribution is -2.34. The number of rotatable bonds is 6. The molecule has 0 saturated carbocycles. The second-order valence-electron chi connectivity index (χ2n) is 3.96. The predicted octanol–water partition coefficient (Wildman–Crippen LogP) is 1.36. The Labute approximate surface area is 115 Å². The maximum atomic E-state index is 11.9. The molecule has 0 bridgehead atoms. The monoisotopic (exact) mass is 284 g/mol. The molecule has 1 aromatic rings. The summed E-state index contributed by atoms with van der Waals surface area (Å²) in [6.45, 7) is 1.87. The van der Waals surface area contributed by atoms with Gasteiger partial charge in [0.05, 0.1) is 4.92 Å². The van der Waals surface area contributed by atoms with Gasteiger partial charge in [-0.25, -0.2) is 0 Å². The molecule has 1 aromatic carbocycles. The molecule has 0 aliphatic carbocycles. The molecular formula is C11H16N4O3S. The van der Waals surface area contributed by atoms with Crippen molar-refractivity contribution >= 4 is 29.0 Å². The van der Waals surface area contributed by atoms with Gasteiger partial charge in [0.25, 0.3) is 11.6 Å². The van der Waals surface area contributed by atoms with Gasteiger partial charge in [-0.05, 0) is 25.3 Å². The highest BCUT2D eigenvalue weighted by molar-refractivity contribution is 7.98. The van der Waals surface area contributed by atoms with Crippen molar-refractivity contribution in [3.8, 4) is 0 Å². The minimum absolute atomic E-state index is 0.00568. The first-order chi connectivity index (χ1) is 8.99. The fourth-order valence-corrected chi connectivity index (χ4v) is 2.13. The molecule has 8 heteroatoms. The number of nitrogen functional groups attached to an aromatic ring is 1. The van der Waals surface area contributed by atoms with Crippen LogP contribution in [0.25, 0.3) is 0 Å². The second-order valence-corrected chi connectivity index (χ2v) is 4.87. The van der Waals surface area contributed by atoms with Crippen molar-refractivity contribution in [2.75, 3.05) is 17.4 Å². The second kappa shape index (κ2) is 6.95. The van der Waals surface area contributed by atoms with E-state index in [4.69, 9.17) is 5.84 Å². The lowest BCUT2D eigenvalue weighted by Gasteiger charge is -2.12. The van der Waals surface area contributed by atoms with E-state index in [9.17, 15) is 14.9 Å². The first kappa shape index (κ1) is 15.3. The van der Waals surface area contributed by atoms with E-state index in [1.165, 1.54) is 18.2 Å². The van der Waals surface area contributed by atoms with Crippen LogP contribution in [0.4, 0.5) is 11.4 Å². The summed E-state index contributed by atoms with van der Waals surface area (Å²) < 4.78 is 0. The SMILES string of the molecule is CSCC(C)NC(=O)c1ccc(NN)c([N+](=O)[O-])c1. The van der Waals surface area contributed by atoms with E-state index in [0.717, 1.165) is 5.75 Å². The average molecular weight is 284 g/mol. The fourth-order valence-electron chi connectivity index (χ4n) is 1.54. The lowest BCUT2D eigenvalue weighted by molar-refractivity contribution is -0.384. The molecule has 0 aromatic heterocycles. The average Bonchev–Trinajstić information content (AvgIpc) is 2.37. The summed E-state index contributed by atoms with van der Waals surface area (Å²) in [5.74, 6) is 5.61. The molecular weight excluding hydrogens is 268 g/mol. The molecule has 0 spiro atoms. The Morgan fingerprint density at radius 2 is 2.26 bits per heavy atom. The van der Waals surface area contributed by atoms with Crippen molar-refractivity contribution in [1.82, 2.24) is 5.32 Å². The maximum Gasteiger partial charge on any atom is 0.294 e. The van der Waals surface area contributed by atoms with Gasteiger partial charge in [-0.2, -0.15) is 11.8 Å². The topological polar surface area (TPSA) is 110 Å². The molecule has 104 valence electrons. The number of amides is 1. The van der Waals surface area contributed by atoms with Gasteiger partial charge in [-0.1, -0.05) is 0 Å². The molecule has 0 fully saturated rings. The van der Waals surface area contributed by atoms with Gasteiger partial charge in [0, 0.05) is 23.4 Å². The number of nitro benzene ring substituents is 1. The summed E-state index contributed by atoms with van der Waals surface area (Å²) in [6, 6.07) is 4.10. The number of hydrazine groups is 1. The summed E-state index contributed by atoms with van der Waals surface area (Å²) in [5.41, 5.74) is 2.40. The normalized spacial score (nSPS) is 11.7. The van der Waals surface area contributed by atoms with Crippen LogP contribution >= 0.6 is 11.8 Å². The number of hydrogen-bond acceptors (Lipinski definition) is 6. The van der Waals surface area contributed by atoms with Gasteiger partial charge >= 0.3 is 0 Å². The quantitative estimate of drug-likeness (QED) is 0.413. The smallest absolute Gasteiger partial charge is 0.294 e. The van der Waals surface area contributed by atoms with Crippen LogP contribution < -0.4 is 16.6 Å². The maximum absolute atomic E-state index is 11.9. The third-order valence-corrected chi connectivity index (χ3v) is 3.24. The molecule has 0 radical (unpaired) electrons. The zero-order valence-corrected chi connectivity index (χ0v) is 11.5. The van der Waals surface area contributed by atoms with Crippen LogP contribution in [-0.2, 0) is 0 Å². The molecule has 1 rings (SSSR count). The van der Waals surface area contributed by atoms with Crippen molar-refractivity contribution in [2.45, 2.75) is 13.0 Å². The number of nitro groups is 1. The fraction of sp³-hybridized carbons (Fsp3) is 0.364. The van der Waals surface area contributed by atoms with E-state index in [-0.39, 0.29) is 28.9 Å². The number of hydrogen-bond donors (Lipinski definition) is 3. The number of anilines is 1. The van der Waals surface area contributed by atoms with Crippen molar-refractivity contribution < 1.29 is 9.72 Å². The number of benzene rings is 1. The predicted molar refractivity (Wildman–Crippen MR) is 76.2 cm³/mol. The third-order valence-electron chi connectivity index (χ3n) is 2.41. The van der Waals surface area contributed by atoms with Crippen molar-refractivity contribution in [1.29, 1.82) is 0 Å². The minimum atomic E-state index is -0.586. The third kappa shape index (κ3) is 4.11. The van der Waals surface area contributed by atoms with E-state index in [1.54, 1.807) is 11.8 Å². The van der Waals surface area contributed by atoms with Crippen molar-refractivity contribution in [3.05, 3.63) is 33.9 Å². The highest BCUT2D eigenvalue weighted by Gasteiger charge is 2.17. The zero-order valence-electron chi connectivity index (χ0n) is 10.7. The molecule has 4 N–H and O–H groups in total. The number of carbonyl (C=O) groups is 1.